The molecule has 1 aliphatic rings. The Labute approximate surface area is 176 Å². The van der Waals surface area contributed by atoms with Crippen LogP contribution in [0.3, 0.4) is 0 Å². The molecule has 0 spiro atoms. The van der Waals surface area contributed by atoms with Gasteiger partial charge in [0.2, 0.25) is 10.0 Å². The number of halogens is 1. The molecule has 1 aromatic carbocycles. The van der Waals surface area contributed by atoms with Gasteiger partial charge in [0.15, 0.2) is 0 Å². The SMILES string of the molecule is CN(Cc1nccn1C)C(=O)c1ccc(OC2CCN(S(C)(=O)=O)CC2)c(Cl)c1. The van der Waals surface area contributed by atoms with Crippen molar-refractivity contribution in [2.24, 2.45) is 7.05 Å². The lowest BCUT2D eigenvalue weighted by Crippen LogP contribution is -2.41. The highest BCUT2D eigenvalue weighted by molar-refractivity contribution is 7.88. The molecule has 0 bridgehead atoms. The van der Waals surface area contributed by atoms with E-state index in [4.69, 9.17) is 16.3 Å². The van der Waals surface area contributed by atoms with Gasteiger partial charge in [-0.25, -0.2) is 17.7 Å². The highest BCUT2D eigenvalue weighted by Crippen LogP contribution is 2.29. The summed E-state index contributed by atoms with van der Waals surface area (Å²) in [6.45, 7) is 1.24. The molecule has 1 aliphatic heterocycles. The molecule has 1 fully saturated rings. The number of carbonyl (C=O) groups is 1. The normalized spacial score (nSPS) is 16.0. The average Bonchev–Trinajstić information content (AvgIpc) is 3.07. The number of hydrogen-bond acceptors (Lipinski definition) is 5. The van der Waals surface area contributed by atoms with Crippen molar-refractivity contribution in [3.05, 3.63) is 47.0 Å². The Morgan fingerprint density at radius 1 is 1.34 bits per heavy atom. The van der Waals surface area contributed by atoms with Crippen LogP contribution in [0, 0.1) is 0 Å². The lowest BCUT2D eigenvalue weighted by atomic mass is 10.1. The number of ether oxygens (including phenoxy) is 1. The summed E-state index contributed by atoms with van der Waals surface area (Å²) in [5, 5.41) is 0.354. The predicted molar refractivity (Wildman–Crippen MR) is 111 cm³/mol. The van der Waals surface area contributed by atoms with Crippen LogP contribution in [0.2, 0.25) is 5.02 Å². The molecule has 0 aliphatic carbocycles. The largest absolute Gasteiger partial charge is 0.489 e. The first-order valence-electron chi connectivity index (χ1n) is 9.28. The first-order chi connectivity index (χ1) is 13.6. The summed E-state index contributed by atoms with van der Waals surface area (Å²) in [6, 6.07) is 4.97. The van der Waals surface area contributed by atoms with E-state index in [1.807, 2.05) is 17.8 Å². The number of aromatic nitrogens is 2. The fourth-order valence-electron chi connectivity index (χ4n) is 3.24. The Morgan fingerprint density at radius 2 is 2.03 bits per heavy atom. The van der Waals surface area contributed by atoms with Gasteiger partial charge >= 0.3 is 0 Å². The fourth-order valence-corrected chi connectivity index (χ4v) is 4.34. The van der Waals surface area contributed by atoms with Crippen LogP contribution in [-0.2, 0) is 23.6 Å². The van der Waals surface area contributed by atoms with Crippen molar-refractivity contribution in [2.75, 3.05) is 26.4 Å². The monoisotopic (exact) mass is 440 g/mol. The second-order valence-electron chi connectivity index (χ2n) is 7.24. The lowest BCUT2D eigenvalue weighted by molar-refractivity contribution is 0.0780. The van der Waals surface area contributed by atoms with Crippen LogP contribution in [0.15, 0.2) is 30.6 Å². The number of rotatable bonds is 6. The van der Waals surface area contributed by atoms with E-state index in [1.165, 1.54) is 10.6 Å². The minimum atomic E-state index is -3.17. The van der Waals surface area contributed by atoms with Crippen LogP contribution in [0.1, 0.15) is 29.0 Å². The highest BCUT2D eigenvalue weighted by Gasteiger charge is 2.26. The van der Waals surface area contributed by atoms with E-state index in [2.05, 4.69) is 4.98 Å². The van der Waals surface area contributed by atoms with Gasteiger partial charge in [-0.15, -0.1) is 0 Å². The zero-order valence-corrected chi connectivity index (χ0v) is 18.3. The molecule has 0 saturated carbocycles. The van der Waals surface area contributed by atoms with Crippen LogP contribution in [-0.4, -0.2) is 65.6 Å². The fraction of sp³-hybridized carbons (Fsp3) is 0.474. The first kappa shape index (κ1) is 21.6. The van der Waals surface area contributed by atoms with Crippen LogP contribution in [0.5, 0.6) is 5.75 Å². The van der Waals surface area contributed by atoms with Gasteiger partial charge in [0.1, 0.15) is 17.7 Å². The summed E-state index contributed by atoms with van der Waals surface area (Å²) >= 11 is 6.35. The molecule has 0 atom stereocenters. The Kier molecular flexibility index (Phi) is 6.50. The van der Waals surface area contributed by atoms with Crippen LogP contribution < -0.4 is 4.74 Å². The maximum Gasteiger partial charge on any atom is 0.254 e. The van der Waals surface area contributed by atoms with E-state index < -0.39 is 10.0 Å². The van der Waals surface area contributed by atoms with E-state index >= 15 is 0 Å². The molecule has 158 valence electrons. The molecule has 10 heteroatoms. The quantitative estimate of drug-likeness (QED) is 0.687. The zero-order chi connectivity index (χ0) is 21.2. The maximum atomic E-state index is 12.7. The van der Waals surface area contributed by atoms with E-state index in [9.17, 15) is 13.2 Å². The van der Waals surface area contributed by atoms with Gasteiger partial charge in [-0.2, -0.15) is 0 Å². The van der Waals surface area contributed by atoms with E-state index in [-0.39, 0.29) is 12.0 Å². The van der Waals surface area contributed by atoms with E-state index in [1.54, 1.807) is 36.3 Å². The average molecular weight is 441 g/mol. The van der Waals surface area contributed by atoms with Gasteiger partial charge < -0.3 is 14.2 Å². The number of sulfonamides is 1. The van der Waals surface area contributed by atoms with Gasteiger partial charge in [0, 0.05) is 45.1 Å². The van der Waals surface area contributed by atoms with Crippen LogP contribution in [0.4, 0.5) is 0 Å². The van der Waals surface area contributed by atoms with Gasteiger partial charge in [-0.1, -0.05) is 11.6 Å². The van der Waals surface area contributed by atoms with Crippen LogP contribution >= 0.6 is 11.6 Å². The Morgan fingerprint density at radius 3 is 2.59 bits per heavy atom. The minimum absolute atomic E-state index is 0.113. The van der Waals surface area contributed by atoms with Crippen molar-refractivity contribution in [1.29, 1.82) is 0 Å². The summed E-state index contributed by atoms with van der Waals surface area (Å²) in [5.74, 6) is 1.11. The van der Waals surface area contributed by atoms with Crippen LogP contribution in [0.25, 0.3) is 0 Å². The molecule has 1 saturated heterocycles. The number of aryl methyl sites for hydroxylation is 1. The van der Waals surface area contributed by atoms with Gasteiger partial charge in [0.05, 0.1) is 17.8 Å². The number of imidazole rings is 1. The Hall–Kier alpha value is -2.10. The predicted octanol–water partition coefficient (Wildman–Crippen LogP) is 2.15. The molecule has 1 amide bonds. The highest BCUT2D eigenvalue weighted by atomic mass is 35.5. The maximum absolute atomic E-state index is 12.7. The summed E-state index contributed by atoms with van der Waals surface area (Å²) in [7, 11) is 0.421. The van der Waals surface area contributed by atoms with Crippen molar-refractivity contribution in [3.63, 3.8) is 0 Å². The number of hydrogen-bond donors (Lipinski definition) is 0. The molecule has 3 rings (SSSR count). The number of amides is 1. The van der Waals surface area contributed by atoms with Gasteiger partial charge in [0.25, 0.3) is 5.91 Å². The molecule has 1 aromatic heterocycles. The number of piperidine rings is 1. The van der Waals surface area contributed by atoms with Gasteiger partial charge in [-0.3, -0.25) is 4.79 Å². The first-order valence-corrected chi connectivity index (χ1v) is 11.5. The summed E-state index contributed by atoms with van der Waals surface area (Å²) in [4.78, 5) is 18.5. The van der Waals surface area contributed by atoms with E-state index in [0.717, 1.165) is 5.82 Å². The molecular weight excluding hydrogens is 416 g/mol. The summed E-state index contributed by atoms with van der Waals surface area (Å²) in [6.07, 6.45) is 5.81. The number of carbonyl (C=O) groups excluding carboxylic acids is 1. The van der Waals surface area contributed by atoms with Crippen molar-refractivity contribution < 1.29 is 17.9 Å². The standard InChI is InChI=1S/C19H25ClN4O4S/c1-22-11-8-21-18(22)13-23(2)19(25)14-4-5-17(16(20)12-14)28-15-6-9-24(10-7-15)29(3,26)27/h4-5,8,11-12,15H,6-7,9-10,13H2,1-3H3. The molecule has 0 radical (unpaired) electrons. The Bertz CT molecular complexity index is 984. The van der Waals surface area contributed by atoms with Crippen molar-refractivity contribution >= 4 is 27.5 Å². The number of nitrogens with zero attached hydrogens (tertiary/aromatic N) is 4. The van der Waals surface area contributed by atoms with Crippen molar-refractivity contribution in [2.45, 2.75) is 25.5 Å². The molecule has 0 N–H and O–H groups in total. The molecule has 2 aromatic rings. The lowest BCUT2D eigenvalue weighted by Gasteiger charge is -2.30. The third-order valence-electron chi connectivity index (χ3n) is 4.99. The third-order valence-corrected chi connectivity index (χ3v) is 6.59. The topological polar surface area (TPSA) is 84.7 Å². The second-order valence-corrected chi connectivity index (χ2v) is 9.63. The summed E-state index contributed by atoms with van der Waals surface area (Å²) < 4.78 is 32.5. The third kappa shape index (κ3) is 5.29. The minimum Gasteiger partial charge on any atom is -0.489 e. The van der Waals surface area contributed by atoms with E-state index in [0.29, 0.717) is 48.8 Å². The molecular formula is C19H25ClN4O4S. The molecule has 2 heterocycles. The van der Waals surface area contributed by atoms with Gasteiger partial charge in [-0.05, 0) is 31.0 Å². The number of benzene rings is 1. The summed E-state index contributed by atoms with van der Waals surface area (Å²) in [5.41, 5.74) is 0.464. The van der Waals surface area contributed by atoms with Crippen molar-refractivity contribution in [3.8, 4) is 5.75 Å². The van der Waals surface area contributed by atoms with Crippen molar-refractivity contribution in [1.82, 2.24) is 18.8 Å². The molecule has 29 heavy (non-hydrogen) atoms. The Balaban J connectivity index is 1.61. The second kappa shape index (κ2) is 8.73. The smallest absolute Gasteiger partial charge is 0.254 e. The zero-order valence-electron chi connectivity index (χ0n) is 16.7. The molecule has 0 unspecified atom stereocenters. The molecule has 8 nitrogen and oxygen atoms in total.